The van der Waals surface area contributed by atoms with Crippen LogP contribution in [0.3, 0.4) is 0 Å². The predicted molar refractivity (Wildman–Crippen MR) is 69.8 cm³/mol. The standard InChI is InChI=1S/C13H18N2O6/c1-8(2)21-13(17)12(16)11(14)10-5-3-4-9(6-10)7-20-15(18)19/h3-6,8,11,18-19H,7,14H2,1-2H3. The SMILES string of the molecule is CC(C)OC(=O)C(=O)C(N)c1cccc(CON(O)O)c1. The molecule has 0 amide bonds. The average molecular weight is 298 g/mol. The van der Waals surface area contributed by atoms with Crippen molar-refractivity contribution in [3.63, 3.8) is 0 Å². The minimum absolute atomic E-state index is 0.141. The third-order valence-electron chi connectivity index (χ3n) is 2.48. The molecule has 1 unspecified atom stereocenters. The zero-order valence-electron chi connectivity index (χ0n) is 11.7. The van der Waals surface area contributed by atoms with Gasteiger partial charge in [-0.15, -0.1) is 0 Å². The monoisotopic (exact) mass is 298 g/mol. The summed E-state index contributed by atoms with van der Waals surface area (Å²) in [6, 6.07) is 5.18. The van der Waals surface area contributed by atoms with Crippen molar-refractivity contribution in [2.75, 3.05) is 0 Å². The Balaban J connectivity index is 2.77. The number of hydrogen-bond donors (Lipinski definition) is 3. The van der Waals surface area contributed by atoms with Crippen LogP contribution in [0.4, 0.5) is 0 Å². The molecule has 0 fully saturated rings. The molecular formula is C13H18N2O6. The molecule has 0 spiro atoms. The quantitative estimate of drug-likeness (QED) is 0.382. The second-order valence-electron chi connectivity index (χ2n) is 4.57. The third kappa shape index (κ3) is 5.58. The van der Waals surface area contributed by atoms with E-state index < -0.39 is 29.3 Å². The molecule has 0 radical (unpaired) electrons. The fourth-order valence-corrected chi connectivity index (χ4v) is 1.56. The molecule has 0 aliphatic rings. The molecule has 0 heterocycles. The molecule has 8 nitrogen and oxygen atoms in total. The number of hydrogen-bond acceptors (Lipinski definition) is 8. The Bertz CT molecular complexity index is 503. The summed E-state index contributed by atoms with van der Waals surface area (Å²) < 4.78 is 4.80. The van der Waals surface area contributed by atoms with Crippen LogP contribution in [0.1, 0.15) is 31.0 Å². The van der Waals surface area contributed by atoms with Crippen LogP contribution >= 0.6 is 0 Å². The topological polar surface area (TPSA) is 122 Å². The van der Waals surface area contributed by atoms with Crippen LogP contribution in [0, 0.1) is 0 Å². The largest absolute Gasteiger partial charge is 0.457 e. The highest BCUT2D eigenvalue weighted by atomic mass is 17.1. The molecule has 0 aromatic heterocycles. The normalized spacial score (nSPS) is 12.5. The first-order chi connectivity index (χ1) is 9.81. The van der Waals surface area contributed by atoms with Gasteiger partial charge in [-0.2, -0.15) is 0 Å². The summed E-state index contributed by atoms with van der Waals surface area (Å²) >= 11 is 0. The van der Waals surface area contributed by atoms with Crippen LogP contribution in [0.5, 0.6) is 0 Å². The molecule has 0 aliphatic heterocycles. The van der Waals surface area contributed by atoms with Crippen molar-refractivity contribution in [3.8, 4) is 0 Å². The summed E-state index contributed by atoms with van der Waals surface area (Å²) in [4.78, 5) is 27.8. The van der Waals surface area contributed by atoms with Crippen LogP contribution in [-0.4, -0.2) is 33.7 Å². The maximum Gasteiger partial charge on any atom is 0.376 e. The Morgan fingerprint density at radius 3 is 2.57 bits per heavy atom. The molecule has 4 N–H and O–H groups in total. The highest BCUT2D eigenvalue weighted by Gasteiger charge is 2.25. The Morgan fingerprint density at radius 2 is 2.00 bits per heavy atom. The van der Waals surface area contributed by atoms with Crippen LogP contribution in [-0.2, 0) is 25.8 Å². The smallest absolute Gasteiger partial charge is 0.376 e. The first kappa shape index (κ1) is 17.2. The average Bonchev–Trinajstić information content (AvgIpc) is 2.43. The van der Waals surface area contributed by atoms with Gasteiger partial charge in [-0.3, -0.25) is 15.2 Å². The Kier molecular flexibility index (Phi) is 6.40. The molecule has 21 heavy (non-hydrogen) atoms. The number of ketones is 1. The number of ether oxygens (including phenoxy) is 1. The highest BCUT2D eigenvalue weighted by Crippen LogP contribution is 2.15. The van der Waals surface area contributed by atoms with Crippen molar-refractivity contribution in [1.29, 1.82) is 0 Å². The van der Waals surface area contributed by atoms with Gasteiger partial charge in [0.25, 0.3) is 5.78 Å². The van der Waals surface area contributed by atoms with Crippen LogP contribution < -0.4 is 5.73 Å². The van der Waals surface area contributed by atoms with Gasteiger partial charge < -0.3 is 10.5 Å². The molecule has 0 saturated carbocycles. The first-order valence-corrected chi connectivity index (χ1v) is 6.21. The molecule has 0 saturated heterocycles. The minimum atomic E-state index is -1.16. The Morgan fingerprint density at radius 1 is 1.33 bits per heavy atom. The molecule has 0 aliphatic carbocycles. The van der Waals surface area contributed by atoms with Crippen molar-refractivity contribution in [2.24, 2.45) is 5.73 Å². The fraction of sp³-hybridized carbons (Fsp3) is 0.385. The van der Waals surface area contributed by atoms with Crippen molar-refractivity contribution in [3.05, 3.63) is 35.4 Å². The number of carbonyl (C=O) groups is 2. The second-order valence-corrected chi connectivity index (χ2v) is 4.57. The summed E-state index contributed by atoms with van der Waals surface area (Å²) in [6.07, 6.45) is -0.409. The summed E-state index contributed by atoms with van der Waals surface area (Å²) in [5.74, 6) is -1.84. The first-order valence-electron chi connectivity index (χ1n) is 6.21. The molecule has 1 rings (SSSR count). The molecule has 116 valence electrons. The minimum Gasteiger partial charge on any atom is -0.457 e. The van der Waals surface area contributed by atoms with E-state index in [9.17, 15) is 9.59 Å². The Hall–Kier alpha value is -1.84. The predicted octanol–water partition coefficient (Wildman–Crippen LogP) is 0.719. The van der Waals surface area contributed by atoms with E-state index in [-0.39, 0.29) is 6.61 Å². The van der Waals surface area contributed by atoms with Gasteiger partial charge in [0.05, 0.1) is 18.1 Å². The molecule has 0 bridgehead atoms. The van der Waals surface area contributed by atoms with Gasteiger partial charge in [-0.05, 0) is 25.0 Å². The number of nitrogens with zero attached hydrogens (tertiary/aromatic N) is 1. The van der Waals surface area contributed by atoms with Crippen LogP contribution in [0.15, 0.2) is 24.3 Å². The molecule has 1 aromatic rings. The number of Topliss-reactive ketones (excluding diaryl/α,β-unsaturated/α-hetero) is 1. The number of benzene rings is 1. The van der Waals surface area contributed by atoms with E-state index in [0.29, 0.717) is 11.1 Å². The van der Waals surface area contributed by atoms with E-state index in [0.717, 1.165) is 0 Å². The van der Waals surface area contributed by atoms with E-state index in [4.69, 9.17) is 20.9 Å². The molecule has 8 heteroatoms. The van der Waals surface area contributed by atoms with Gasteiger partial charge >= 0.3 is 5.97 Å². The zero-order chi connectivity index (χ0) is 16.0. The second kappa shape index (κ2) is 7.81. The van der Waals surface area contributed by atoms with Crippen LogP contribution in [0.25, 0.3) is 0 Å². The van der Waals surface area contributed by atoms with Crippen molar-refractivity contribution >= 4 is 11.8 Å². The van der Waals surface area contributed by atoms with Crippen molar-refractivity contribution in [1.82, 2.24) is 5.39 Å². The molecule has 1 atom stereocenters. The number of rotatable bonds is 7. The lowest BCUT2D eigenvalue weighted by Gasteiger charge is -2.13. The van der Waals surface area contributed by atoms with Crippen molar-refractivity contribution < 1.29 is 29.6 Å². The maximum atomic E-state index is 11.8. The maximum absolute atomic E-state index is 11.8. The van der Waals surface area contributed by atoms with Crippen molar-refractivity contribution in [2.45, 2.75) is 32.6 Å². The van der Waals surface area contributed by atoms with Gasteiger partial charge in [-0.25, -0.2) is 9.63 Å². The van der Waals surface area contributed by atoms with Gasteiger partial charge in [-0.1, -0.05) is 24.3 Å². The summed E-state index contributed by atoms with van der Waals surface area (Å²) in [6.45, 7) is 3.12. The molecular weight excluding hydrogens is 280 g/mol. The van der Waals surface area contributed by atoms with Crippen LogP contribution in [0.2, 0.25) is 0 Å². The van der Waals surface area contributed by atoms with E-state index >= 15 is 0 Å². The van der Waals surface area contributed by atoms with Gasteiger partial charge in [0, 0.05) is 0 Å². The summed E-state index contributed by atoms with van der Waals surface area (Å²) in [5, 5.41) is 16.5. The lowest BCUT2D eigenvalue weighted by atomic mass is 10.0. The lowest BCUT2D eigenvalue weighted by Crippen LogP contribution is -2.31. The van der Waals surface area contributed by atoms with E-state index in [2.05, 4.69) is 4.84 Å². The van der Waals surface area contributed by atoms with Gasteiger partial charge in [0.15, 0.2) is 0 Å². The Labute approximate surface area is 121 Å². The summed E-state index contributed by atoms with van der Waals surface area (Å²) in [7, 11) is 0. The van der Waals surface area contributed by atoms with E-state index in [1.54, 1.807) is 32.0 Å². The van der Waals surface area contributed by atoms with Gasteiger partial charge in [0.1, 0.15) is 6.04 Å². The van der Waals surface area contributed by atoms with Gasteiger partial charge in [0.2, 0.25) is 0 Å². The van der Waals surface area contributed by atoms with E-state index in [1.807, 2.05) is 0 Å². The number of nitrogens with two attached hydrogens (primary N) is 1. The highest BCUT2D eigenvalue weighted by molar-refractivity contribution is 6.35. The summed E-state index contributed by atoms with van der Waals surface area (Å²) in [5.41, 5.74) is 6.68. The number of esters is 1. The number of carbonyl (C=O) groups excluding carboxylic acids is 2. The molecule has 1 aromatic carbocycles. The fourth-order valence-electron chi connectivity index (χ4n) is 1.56. The third-order valence-corrected chi connectivity index (χ3v) is 2.48. The zero-order valence-corrected chi connectivity index (χ0v) is 11.7. The lowest BCUT2D eigenvalue weighted by molar-refractivity contribution is -0.497. The van der Waals surface area contributed by atoms with E-state index in [1.165, 1.54) is 6.07 Å².